The number of fused-ring (bicyclic) bond motifs is 1. The second-order valence-electron chi connectivity index (χ2n) is 7.09. The fourth-order valence-corrected chi connectivity index (χ4v) is 4.57. The minimum absolute atomic E-state index is 0.0890. The Labute approximate surface area is 190 Å². The predicted octanol–water partition coefficient (Wildman–Crippen LogP) is 7.04. The standard InChI is InChI=1S/C24H20Cl2N2OS/c1-16-5-4-6-17(11-16)13-28-14-23(19-7-2-3-8-22(19)28)30-15-24(29)27-18-9-10-20(25)21(26)12-18/h2-12,14H,13,15H2,1H3,(H,27,29). The van der Waals surface area contributed by atoms with Crippen LogP contribution in [0.4, 0.5) is 5.69 Å². The molecule has 3 aromatic carbocycles. The van der Waals surface area contributed by atoms with Crippen LogP contribution in [-0.2, 0) is 11.3 Å². The number of para-hydroxylation sites is 1. The summed E-state index contributed by atoms with van der Waals surface area (Å²) >= 11 is 13.5. The van der Waals surface area contributed by atoms with E-state index in [-0.39, 0.29) is 5.91 Å². The molecule has 4 aromatic rings. The summed E-state index contributed by atoms with van der Waals surface area (Å²) < 4.78 is 2.24. The molecule has 0 aliphatic heterocycles. The molecule has 0 spiro atoms. The molecule has 0 radical (unpaired) electrons. The Kier molecular flexibility index (Phi) is 6.38. The third-order valence-electron chi connectivity index (χ3n) is 4.75. The smallest absolute Gasteiger partial charge is 0.234 e. The van der Waals surface area contributed by atoms with Gasteiger partial charge in [-0.25, -0.2) is 0 Å². The number of rotatable bonds is 6. The molecule has 1 amide bonds. The first-order valence-corrected chi connectivity index (χ1v) is 11.2. The number of carbonyl (C=O) groups is 1. The van der Waals surface area contributed by atoms with Gasteiger partial charge in [-0.2, -0.15) is 0 Å². The highest BCUT2D eigenvalue weighted by Crippen LogP contribution is 2.31. The van der Waals surface area contributed by atoms with Crippen LogP contribution in [0.5, 0.6) is 0 Å². The van der Waals surface area contributed by atoms with Gasteiger partial charge in [0.1, 0.15) is 0 Å². The number of hydrogen-bond donors (Lipinski definition) is 1. The van der Waals surface area contributed by atoms with E-state index in [1.54, 1.807) is 18.2 Å². The maximum absolute atomic E-state index is 12.4. The molecular weight excluding hydrogens is 435 g/mol. The molecule has 0 aliphatic rings. The molecule has 0 saturated carbocycles. The van der Waals surface area contributed by atoms with Crippen LogP contribution in [0.1, 0.15) is 11.1 Å². The lowest BCUT2D eigenvalue weighted by Crippen LogP contribution is -2.13. The lowest BCUT2D eigenvalue weighted by Gasteiger charge is -2.06. The summed E-state index contributed by atoms with van der Waals surface area (Å²) in [7, 11) is 0. The lowest BCUT2D eigenvalue weighted by molar-refractivity contribution is -0.113. The number of thioether (sulfide) groups is 1. The van der Waals surface area contributed by atoms with Crippen LogP contribution in [0.15, 0.2) is 77.8 Å². The van der Waals surface area contributed by atoms with Crippen molar-refractivity contribution in [1.82, 2.24) is 4.57 Å². The number of aromatic nitrogens is 1. The topological polar surface area (TPSA) is 34.0 Å². The minimum atomic E-state index is -0.0890. The van der Waals surface area contributed by atoms with Gasteiger partial charge in [0.2, 0.25) is 5.91 Å². The van der Waals surface area contributed by atoms with Gasteiger partial charge in [0.05, 0.1) is 15.8 Å². The number of aryl methyl sites for hydroxylation is 1. The van der Waals surface area contributed by atoms with Crippen molar-refractivity contribution in [2.45, 2.75) is 18.4 Å². The summed E-state index contributed by atoms with van der Waals surface area (Å²) in [6, 6.07) is 21.9. The van der Waals surface area contributed by atoms with E-state index >= 15 is 0 Å². The van der Waals surface area contributed by atoms with Crippen LogP contribution < -0.4 is 5.32 Å². The van der Waals surface area contributed by atoms with E-state index in [2.05, 4.69) is 59.4 Å². The molecule has 4 rings (SSSR count). The summed E-state index contributed by atoms with van der Waals surface area (Å²) in [6.07, 6.45) is 2.13. The van der Waals surface area contributed by atoms with Gasteiger partial charge in [-0.3, -0.25) is 4.79 Å². The fourth-order valence-electron chi connectivity index (χ4n) is 3.38. The van der Waals surface area contributed by atoms with Crippen molar-refractivity contribution >= 4 is 57.5 Å². The van der Waals surface area contributed by atoms with Crippen molar-refractivity contribution in [3.8, 4) is 0 Å². The predicted molar refractivity (Wildman–Crippen MR) is 128 cm³/mol. The summed E-state index contributed by atoms with van der Waals surface area (Å²) in [6.45, 7) is 2.89. The van der Waals surface area contributed by atoms with Crippen LogP contribution in [0, 0.1) is 6.92 Å². The number of benzene rings is 3. The molecule has 1 aromatic heterocycles. The monoisotopic (exact) mass is 454 g/mol. The summed E-state index contributed by atoms with van der Waals surface area (Å²) in [5.41, 5.74) is 4.30. The minimum Gasteiger partial charge on any atom is -0.342 e. The largest absolute Gasteiger partial charge is 0.342 e. The first kappa shape index (κ1) is 20.9. The van der Waals surface area contributed by atoms with Gasteiger partial charge >= 0.3 is 0 Å². The van der Waals surface area contributed by atoms with E-state index in [0.29, 0.717) is 21.5 Å². The van der Waals surface area contributed by atoms with Crippen molar-refractivity contribution in [3.63, 3.8) is 0 Å². The Morgan fingerprint density at radius 2 is 1.83 bits per heavy atom. The van der Waals surface area contributed by atoms with Crippen LogP contribution in [0.2, 0.25) is 10.0 Å². The summed E-state index contributed by atoms with van der Waals surface area (Å²) in [5, 5.41) is 4.90. The zero-order chi connectivity index (χ0) is 21.1. The number of hydrogen-bond acceptors (Lipinski definition) is 2. The van der Waals surface area contributed by atoms with E-state index in [0.717, 1.165) is 22.3 Å². The molecular formula is C24H20Cl2N2OS. The van der Waals surface area contributed by atoms with E-state index in [1.807, 2.05) is 12.1 Å². The molecule has 1 N–H and O–H groups in total. The van der Waals surface area contributed by atoms with Gasteiger partial charge in [0.25, 0.3) is 0 Å². The Morgan fingerprint density at radius 3 is 2.63 bits per heavy atom. The first-order valence-electron chi connectivity index (χ1n) is 9.51. The van der Waals surface area contributed by atoms with E-state index in [9.17, 15) is 4.79 Å². The summed E-state index contributed by atoms with van der Waals surface area (Å²) in [4.78, 5) is 13.5. The molecule has 152 valence electrons. The fraction of sp³-hybridized carbons (Fsp3) is 0.125. The van der Waals surface area contributed by atoms with Crippen LogP contribution in [-0.4, -0.2) is 16.2 Å². The number of nitrogens with one attached hydrogen (secondary N) is 1. The number of anilines is 1. The number of carbonyl (C=O) groups excluding carboxylic acids is 1. The van der Waals surface area contributed by atoms with Crippen molar-refractivity contribution in [2.75, 3.05) is 11.1 Å². The number of amides is 1. The van der Waals surface area contributed by atoms with Crippen molar-refractivity contribution in [1.29, 1.82) is 0 Å². The van der Waals surface area contributed by atoms with Gasteiger partial charge in [0.15, 0.2) is 0 Å². The Balaban J connectivity index is 1.50. The van der Waals surface area contributed by atoms with Crippen molar-refractivity contribution in [2.24, 2.45) is 0 Å². The van der Waals surface area contributed by atoms with Crippen LogP contribution in [0.25, 0.3) is 10.9 Å². The lowest BCUT2D eigenvalue weighted by atomic mass is 10.1. The van der Waals surface area contributed by atoms with E-state index < -0.39 is 0 Å². The van der Waals surface area contributed by atoms with Gasteiger partial charge < -0.3 is 9.88 Å². The first-order chi connectivity index (χ1) is 14.5. The molecule has 0 fully saturated rings. The molecule has 0 atom stereocenters. The van der Waals surface area contributed by atoms with Gasteiger partial charge in [-0.15, -0.1) is 11.8 Å². The third kappa shape index (κ3) is 4.84. The average Bonchev–Trinajstić information content (AvgIpc) is 3.07. The third-order valence-corrected chi connectivity index (χ3v) is 6.53. The molecule has 0 aliphatic carbocycles. The number of nitrogens with zero attached hydrogens (tertiary/aromatic N) is 1. The zero-order valence-corrected chi connectivity index (χ0v) is 18.7. The van der Waals surface area contributed by atoms with Gasteiger partial charge in [0, 0.05) is 34.2 Å². The van der Waals surface area contributed by atoms with Crippen LogP contribution >= 0.6 is 35.0 Å². The Hall–Kier alpha value is -2.40. The molecule has 1 heterocycles. The second-order valence-corrected chi connectivity index (χ2v) is 8.92. The van der Waals surface area contributed by atoms with Crippen molar-refractivity contribution < 1.29 is 4.79 Å². The van der Waals surface area contributed by atoms with Crippen molar-refractivity contribution in [3.05, 3.63) is 94.1 Å². The van der Waals surface area contributed by atoms with Gasteiger partial charge in [-0.05, 0) is 36.8 Å². The quantitative estimate of drug-likeness (QED) is 0.317. The molecule has 6 heteroatoms. The highest BCUT2D eigenvalue weighted by atomic mass is 35.5. The second kappa shape index (κ2) is 9.17. The van der Waals surface area contributed by atoms with E-state index in [4.69, 9.17) is 23.2 Å². The molecule has 0 bridgehead atoms. The molecule has 3 nitrogen and oxygen atoms in total. The number of halogens is 2. The Morgan fingerprint density at radius 1 is 1.00 bits per heavy atom. The molecule has 0 saturated heterocycles. The molecule has 0 unspecified atom stereocenters. The normalized spacial score (nSPS) is 11.0. The molecule has 30 heavy (non-hydrogen) atoms. The highest BCUT2D eigenvalue weighted by Gasteiger charge is 2.12. The van der Waals surface area contributed by atoms with Crippen LogP contribution in [0.3, 0.4) is 0 Å². The SMILES string of the molecule is Cc1cccc(Cn2cc(SCC(=O)Nc3ccc(Cl)c(Cl)c3)c3ccccc32)c1. The average molecular weight is 455 g/mol. The maximum Gasteiger partial charge on any atom is 0.234 e. The maximum atomic E-state index is 12.4. The van der Waals surface area contributed by atoms with Gasteiger partial charge in [-0.1, -0.05) is 71.2 Å². The zero-order valence-electron chi connectivity index (χ0n) is 16.4. The highest BCUT2D eigenvalue weighted by molar-refractivity contribution is 8.00. The van der Waals surface area contributed by atoms with E-state index in [1.165, 1.54) is 22.9 Å². The summed E-state index contributed by atoms with van der Waals surface area (Å²) in [5.74, 6) is 0.215. The Bertz CT molecular complexity index is 1220.